The standard InChI is InChI=1S/C15H13NO2/c17-15(18)13-7-3-4-8-14(13)16-9-11-5-1-2-6-12(11)10-16/h1-8H,9-10H2,(H,17,18). The van der Waals surface area contributed by atoms with Crippen LogP contribution in [0.25, 0.3) is 0 Å². The van der Waals surface area contributed by atoms with Gasteiger partial charge in [-0.05, 0) is 23.3 Å². The van der Waals surface area contributed by atoms with E-state index in [0.717, 1.165) is 18.8 Å². The summed E-state index contributed by atoms with van der Waals surface area (Å²) < 4.78 is 0. The van der Waals surface area contributed by atoms with Crippen molar-refractivity contribution >= 4 is 11.7 Å². The molecule has 2 aromatic carbocycles. The van der Waals surface area contributed by atoms with E-state index >= 15 is 0 Å². The van der Waals surface area contributed by atoms with Crippen LogP contribution in [0.4, 0.5) is 5.69 Å². The highest BCUT2D eigenvalue weighted by Crippen LogP contribution is 2.30. The van der Waals surface area contributed by atoms with Crippen LogP contribution in [0.2, 0.25) is 0 Å². The van der Waals surface area contributed by atoms with E-state index in [9.17, 15) is 9.90 Å². The number of aromatic carboxylic acids is 1. The molecule has 3 rings (SSSR count). The summed E-state index contributed by atoms with van der Waals surface area (Å²) in [5.41, 5.74) is 3.71. The van der Waals surface area contributed by atoms with Crippen LogP contribution in [0.15, 0.2) is 48.5 Å². The number of para-hydroxylation sites is 1. The Morgan fingerprint density at radius 1 is 0.944 bits per heavy atom. The first-order chi connectivity index (χ1) is 8.75. The number of anilines is 1. The Hall–Kier alpha value is -2.29. The number of fused-ring (bicyclic) bond motifs is 1. The van der Waals surface area contributed by atoms with Crippen LogP contribution in [0.3, 0.4) is 0 Å². The van der Waals surface area contributed by atoms with Crippen molar-refractivity contribution in [2.24, 2.45) is 0 Å². The molecule has 2 aromatic rings. The Balaban J connectivity index is 1.98. The van der Waals surface area contributed by atoms with E-state index in [1.165, 1.54) is 11.1 Å². The topological polar surface area (TPSA) is 40.5 Å². The van der Waals surface area contributed by atoms with E-state index in [-0.39, 0.29) is 0 Å². The molecule has 0 radical (unpaired) electrons. The van der Waals surface area contributed by atoms with Crippen molar-refractivity contribution in [3.05, 3.63) is 65.2 Å². The Kier molecular flexibility index (Phi) is 2.52. The number of hydrogen-bond donors (Lipinski definition) is 1. The normalized spacial score (nSPS) is 13.4. The van der Waals surface area contributed by atoms with E-state index < -0.39 is 5.97 Å². The summed E-state index contributed by atoms with van der Waals surface area (Å²) in [5.74, 6) is -0.874. The minimum atomic E-state index is -0.874. The monoisotopic (exact) mass is 239 g/mol. The van der Waals surface area contributed by atoms with Crippen LogP contribution >= 0.6 is 0 Å². The molecular weight excluding hydrogens is 226 g/mol. The lowest BCUT2D eigenvalue weighted by Crippen LogP contribution is -2.17. The second-order valence-electron chi connectivity index (χ2n) is 4.45. The molecule has 0 saturated heterocycles. The minimum absolute atomic E-state index is 0.366. The number of rotatable bonds is 2. The number of nitrogens with zero attached hydrogens (tertiary/aromatic N) is 1. The van der Waals surface area contributed by atoms with Gasteiger partial charge >= 0.3 is 5.97 Å². The molecule has 0 aliphatic carbocycles. The average Bonchev–Trinajstić information content (AvgIpc) is 2.82. The third kappa shape index (κ3) is 1.74. The smallest absolute Gasteiger partial charge is 0.337 e. The average molecular weight is 239 g/mol. The molecule has 1 N–H and O–H groups in total. The van der Waals surface area contributed by atoms with E-state index in [4.69, 9.17) is 0 Å². The first-order valence-electron chi connectivity index (χ1n) is 5.90. The highest BCUT2D eigenvalue weighted by molar-refractivity contribution is 5.94. The first kappa shape index (κ1) is 10.8. The molecule has 18 heavy (non-hydrogen) atoms. The Morgan fingerprint density at radius 2 is 1.50 bits per heavy atom. The maximum Gasteiger partial charge on any atom is 0.337 e. The summed E-state index contributed by atoms with van der Waals surface area (Å²) >= 11 is 0. The van der Waals surface area contributed by atoms with Gasteiger partial charge in [0, 0.05) is 13.1 Å². The van der Waals surface area contributed by atoms with Crippen molar-refractivity contribution in [3.63, 3.8) is 0 Å². The van der Waals surface area contributed by atoms with Crippen molar-refractivity contribution in [2.75, 3.05) is 4.90 Å². The lowest BCUT2D eigenvalue weighted by molar-refractivity contribution is 0.0697. The predicted molar refractivity (Wildman–Crippen MR) is 69.7 cm³/mol. The van der Waals surface area contributed by atoms with Crippen LogP contribution < -0.4 is 4.90 Å². The molecule has 0 amide bonds. The molecule has 0 saturated carbocycles. The van der Waals surface area contributed by atoms with Gasteiger partial charge in [0.2, 0.25) is 0 Å². The van der Waals surface area contributed by atoms with Gasteiger partial charge in [-0.25, -0.2) is 4.79 Å². The van der Waals surface area contributed by atoms with Crippen molar-refractivity contribution in [1.29, 1.82) is 0 Å². The third-order valence-corrected chi connectivity index (χ3v) is 3.32. The number of benzene rings is 2. The van der Waals surface area contributed by atoms with Gasteiger partial charge < -0.3 is 10.0 Å². The Labute approximate surface area is 105 Å². The first-order valence-corrected chi connectivity index (χ1v) is 5.90. The van der Waals surface area contributed by atoms with Crippen LogP contribution in [0, 0.1) is 0 Å². The summed E-state index contributed by atoms with van der Waals surface area (Å²) in [7, 11) is 0. The third-order valence-electron chi connectivity index (χ3n) is 3.32. The molecular formula is C15H13NO2. The summed E-state index contributed by atoms with van der Waals surface area (Å²) in [6.45, 7) is 1.56. The molecule has 1 aliphatic rings. The fraction of sp³-hybridized carbons (Fsp3) is 0.133. The highest BCUT2D eigenvalue weighted by Gasteiger charge is 2.22. The highest BCUT2D eigenvalue weighted by atomic mass is 16.4. The van der Waals surface area contributed by atoms with E-state index in [1.807, 2.05) is 24.3 Å². The van der Waals surface area contributed by atoms with Gasteiger partial charge in [0.15, 0.2) is 0 Å². The fourth-order valence-electron chi connectivity index (χ4n) is 2.43. The fourth-order valence-corrected chi connectivity index (χ4v) is 2.43. The van der Waals surface area contributed by atoms with Gasteiger partial charge in [-0.15, -0.1) is 0 Å². The molecule has 0 bridgehead atoms. The molecule has 0 aromatic heterocycles. The quantitative estimate of drug-likeness (QED) is 0.876. The summed E-state index contributed by atoms with van der Waals surface area (Å²) in [6.07, 6.45) is 0. The summed E-state index contributed by atoms with van der Waals surface area (Å²) in [4.78, 5) is 13.3. The zero-order valence-corrected chi connectivity index (χ0v) is 9.84. The van der Waals surface area contributed by atoms with Gasteiger partial charge in [-0.3, -0.25) is 0 Å². The van der Waals surface area contributed by atoms with Crippen molar-refractivity contribution in [3.8, 4) is 0 Å². The van der Waals surface area contributed by atoms with E-state index in [2.05, 4.69) is 17.0 Å². The van der Waals surface area contributed by atoms with Crippen LogP contribution in [0.1, 0.15) is 21.5 Å². The van der Waals surface area contributed by atoms with Gasteiger partial charge in [0.1, 0.15) is 0 Å². The van der Waals surface area contributed by atoms with Gasteiger partial charge in [-0.1, -0.05) is 36.4 Å². The SMILES string of the molecule is O=C(O)c1ccccc1N1Cc2ccccc2C1. The zero-order chi connectivity index (χ0) is 12.5. The lowest BCUT2D eigenvalue weighted by Gasteiger charge is -2.19. The molecule has 0 fully saturated rings. The van der Waals surface area contributed by atoms with Crippen LogP contribution in [-0.4, -0.2) is 11.1 Å². The predicted octanol–water partition coefficient (Wildman–Crippen LogP) is 2.91. The summed E-state index contributed by atoms with van der Waals surface area (Å²) in [5, 5.41) is 9.22. The van der Waals surface area contributed by atoms with E-state index in [1.54, 1.807) is 12.1 Å². The van der Waals surface area contributed by atoms with Crippen LogP contribution in [-0.2, 0) is 13.1 Å². The molecule has 3 nitrogen and oxygen atoms in total. The molecule has 1 heterocycles. The van der Waals surface area contributed by atoms with Crippen molar-refractivity contribution in [2.45, 2.75) is 13.1 Å². The molecule has 1 aliphatic heterocycles. The molecule has 0 spiro atoms. The summed E-state index contributed by atoms with van der Waals surface area (Å²) in [6, 6.07) is 15.4. The van der Waals surface area contributed by atoms with Crippen molar-refractivity contribution < 1.29 is 9.90 Å². The largest absolute Gasteiger partial charge is 0.478 e. The van der Waals surface area contributed by atoms with Gasteiger partial charge in [-0.2, -0.15) is 0 Å². The number of carboxylic acids is 1. The number of carboxylic acid groups (broad SMARTS) is 1. The van der Waals surface area contributed by atoms with Crippen molar-refractivity contribution in [1.82, 2.24) is 0 Å². The lowest BCUT2D eigenvalue weighted by atomic mass is 10.1. The van der Waals surface area contributed by atoms with Gasteiger partial charge in [0.25, 0.3) is 0 Å². The number of carbonyl (C=O) groups is 1. The Morgan fingerprint density at radius 3 is 2.11 bits per heavy atom. The van der Waals surface area contributed by atoms with Crippen LogP contribution in [0.5, 0.6) is 0 Å². The zero-order valence-electron chi connectivity index (χ0n) is 9.84. The molecule has 0 atom stereocenters. The Bertz CT molecular complexity index is 582. The molecule has 0 unspecified atom stereocenters. The van der Waals surface area contributed by atoms with Gasteiger partial charge in [0.05, 0.1) is 11.3 Å². The maximum absolute atomic E-state index is 11.2. The molecule has 3 heteroatoms. The molecule has 90 valence electrons. The van der Waals surface area contributed by atoms with E-state index in [0.29, 0.717) is 5.56 Å². The number of hydrogen-bond acceptors (Lipinski definition) is 2. The second-order valence-corrected chi connectivity index (χ2v) is 4.45. The maximum atomic E-state index is 11.2. The second kappa shape index (κ2) is 4.18. The minimum Gasteiger partial charge on any atom is -0.478 e.